The van der Waals surface area contributed by atoms with Crippen LogP contribution in [0.4, 0.5) is 11.4 Å². The van der Waals surface area contributed by atoms with Crippen molar-refractivity contribution < 1.29 is 13.2 Å². The van der Waals surface area contributed by atoms with E-state index in [-0.39, 0.29) is 5.91 Å². The Morgan fingerprint density at radius 3 is 2.43 bits per heavy atom. The van der Waals surface area contributed by atoms with Crippen molar-refractivity contribution >= 4 is 27.3 Å². The number of benzene rings is 1. The van der Waals surface area contributed by atoms with Crippen LogP contribution in [0.5, 0.6) is 0 Å². The summed E-state index contributed by atoms with van der Waals surface area (Å²) in [5, 5.41) is 2.74. The molecule has 0 aliphatic carbocycles. The van der Waals surface area contributed by atoms with E-state index in [1.165, 1.54) is 0 Å². The van der Waals surface area contributed by atoms with Crippen LogP contribution in [0.1, 0.15) is 25.8 Å². The number of anilines is 2. The molecule has 0 aliphatic rings. The zero-order valence-electron chi connectivity index (χ0n) is 12.8. The third-order valence-corrected chi connectivity index (χ3v) is 3.44. The fraction of sp³-hybridized carbons (Fsp3) is 0.500. The minimum atomic E-state index is -3.32. The summed E-state index contributed by atoms with van der Waals surface area (Å²) in [6.45, 7) is 5.77. The molecule has 1 aromatic rings. The van der Waals surface area contributed by atoms with E-state index >= 15 is 0 Å². The molecule has 1 aromatic carbocycles. The Morgan fingerprint density at radius 1 is 1.33 bits per heavy atom. The van der Waals surface area contributed by atoms with Crippen LogP contribution in [-0.2, 0) is 14.8 Å². The fourth-order valence-electron chi connectivity index (χ4n) is 1.91. The quantitative estimate of drug-likeness (QED) is 0.743. The van der Waals surface area contributed by atoms with Crippen LogP contribution in [0.15, 0.2) is 18.2 Å². The molecular weight excluding hydrogens is 290 g/mol. The number of nitrogens with two attached hydrogens (primary N) is 1. The van der Waals surface area contributed by atoms with Crippen LogP contribution in [0.3, 0.4) is 0 Å². The molecule has 0 saturated heterocycles. The minimum Gasteiger partial charge on any atom is -0.325 e. The first kappa shape index (κ1) is 17.5. The molecule has 0 heterocycles. The molecule has 1 rings (SSSR count). The molecule has 0 bridgehead atoms. The second-order valence-electron chi connectivity index (χ2n) is 5.63. The summed E-state index contributed by atoms with van der Waals surface area (Å²) >= 11 is 0. The highest BCUT2D eigenvalue weighted by Gasteiger charge is 2.15. The Morgan fingerprint density at radius 2 is 1.95 bits per heavy atom. The van der Waals surface area contributed by atoms with Gasteiger partial charge in [-0.1, -0.05) is 13.8 Å². The van der Waals surface area contributed by atoms with Gasteiger partial charge in [0.15, 0.2) is 0 Å². The lowest BCUT2D eigenvalue weighted by molar-refractivity contribution is -0.117. The van der Waals surface area contributed by atoms with E-state index in [2.05, 4.69) is 10.0 Å². The van der Waals surface area contributed by atoms with Gasteiger partial charge in [-0.3, -0.25) is 9.52 Å². The smallest absolute Gasteiger partial charge is 0.241 e. The minimum absolute atomic E-state index is 0.244. The van der Waals surface area contributed by atoms with Crippen LogP contribution >= 0.6 is 0 Å². The summed E-state index contributed by atoms with van der Waals surface area (Å²) in [5.74, 6) is 0.0979. The highest BCUT2D eigenvalue weighted by Crippen LogP contribution is 2.20. The summed E-state index contributed by atoms with van der Waals surface area (Å²) in [7, 11) is -3.32. The molecule has 0 radical (unpaired) electrons. The molecule has 21 heavy (non-hydrogen) atoms. The van der Waals surface area contributed by atoms with E-state index in [4.69, 9.17) is 5.73 Å². The lowest BCUT2D eigenvalue weighted by Crippen LogP contribution is -2.36. The van der Waals surface area contributed by atoms with Crippen LogP contribution < -0.4 is 15.8 Å². The maximum absolute atomic E-state index is 11.9. The average molecular weight is 313 g/mol. The van der Waals surface area contributed by atoms with Gasteiger partial charge in [-0.2, -0.15) is 0 Å². The molecule has 7 heteroatoms. The number of hydrogen-bond acceptors (Lipinski definition) is 4. The van der Waals surface area contributed by atoms with Gasteiger partial charge in [0.2, 0.25) is 15.9 Å². The number of amides is 1. The van der Waals surface area contributed by atoms with Crippen molar-refractivity contribution in [1.82, 2.24) is 0 Å². The van der Waals surface area contributed by atoms with Gasteiger partial charge >= 0.3 is 0 Å². The van der Waals surface area contributed by atoms with Gasteiger partial charge in [0, 0.05) is 5.69 Å². The number of sulfonamides is 1. The van der Waals surface area contributed by atoms with Crippen molar-refractivity contribution in [2.24, 2.45) is 11.7 Å². The van der Waals surface area contributed by atoms with E-state index < -0.39 is 16.1 Å². The first-order chi connectivity index (χ1) is 9.58. The second-order valence-corrected chi connectivity index (χ2v) is 7.38. The van der Waals surface area contributed by atoms with Crippen molar-refractivity contribution in [3.05, 3.63) is 23.8 Å². The highest BCUT2D eigenvalue weighted by molar-refractivity contribution is 7.92. The predicted molar refractivity (Wildman–Crippen MR) is 85.7 cm³/mol. The highest BCUT2D eigenvalue weighted by atomic mass is 32.2. The summed E-state index contributed by atoms with van der Waals surface area (Å²) in [6.07, 6.45) is 1.70. The molecule has 4 N–H and O–H groups in total. The zero-order valence-corrected chi connectivity index (χ0v) is 13.6. The average Bonchev–Trinajstić information content (AvgIpc) is 2.30. The van der Waals surface area contributed by atoms with E-state index in [0.717, 1.165) is 11.8 Å². The summed E-state index contributed by atoms with van der Waals surface area (Å²) in [6, 6.07) is 4.40. The van der Waals surface area contributed by atoms with Crippen molar-refractivity contribution in [1.29, 1.82) is 0 Å². The van der Waals surface area contributed by atoms with E-state index in [9.17, 15) is 13.2 Å². The van der Waals surface area contributed by atoms with Crippen LogP contribution in [0.25, 0.3) is 0 Å². The number of carbonyl (C=O) groups excluding carboxylic acids is 1. The lowest BCUT2D eigenvalue weighted by Gasteiger charge is -2.15. The maximum Gasteiger partial charge on any atom is 0.241 e. The summed E-state index contributed by atoms with van der Waals surface area (Å²) in [4.78, 5) is 11.9. The van der Waals surface area contributed by atoms with Gasteiger partial charge in [-0.05, 0) is 43.0 Å². The third kappa shape index (κ3) is 6.14. The van der Waals surface area contributed by atoms with Crippen LogP contribution in [-0.4, -0.2) is 26.6 Å². The Balaban J connectivity index is 2.78. The first-order valence-corrected chi connectivity index (χ1v) is 8.62. The number of nitrogens with one attached hydrogen (secondary N) is 2. The van der Waals surface area contributed by atoms with E-state index in [1.807, 2.05) is 13.8 Å². The van der Waals surface area contributed by atoms with E-state index in [1.54, 1.807) is 25.1 Å². The standard InChI is InChI=1S/C14H23N3O3S/c1-9(2)7-12(15)14(18)16-11-5-6-13(10(3)8-11)17-21(4,19)20/h5-6,8-9,12,17H,7,15H2,1-4H3,(H,16,18)/t12-/m0/s1. The molecule has 0 aliphatic heterocycles. The van der Waals surface area contributed by atoms with Gasteiger partial charge in [-0.15, -0.1) is 0 Å². The topological polar surface area (TPSA) is 101 Å². The molecule has 0 aromatic heterocycles. The van der Waals surface area contributed by atoms with Crippen LogP contribution in [0.2, 0.25) is 0 Å². The molecule has 0 fully saturated rings. The number of rotatable bonds is 6. The monoisotopic (exact) mass is 313 g/mol. The third-order valence-electron chi connectivity index (χ3n) is 2.85. The van der Waals surface area contributed by atoms with Crippen molar-refractivity contribution in [2.45, 2.75) is 33.2 Å². The second kappa shape index (κ2) is 6.91. The summed E-state index contributed by atoms with van der Waals surface area (Å²) < 4.78 is 24.8. The zero-order chi connectivity index (χ0) is 16.2. The number of hydrogen-bond donors (Lipinski definition) is 3. The van der Waals surface area contributed by atoms with Crippen molar-refractivity contribution in [3.8, 4) is 0 Å². The molecule has 118 valence electrons. The van der Waals surface area contributed by atoms with E-state index in [0.29, 0.717) is 23.7 Å². The van der Waals surface area contributed by atoms with Gasteiger partial charge in [0.1, 0.15) is 0 Å². The molecule has 0 saturated carbocycles. The van der Waals surface area contributed by atoms with Gasteiger partial charge in [-0.25, -0.2) is 8.42 Å². The predicted octanol–water partition coefficient (Wildman–Crippen LogP) is 1.68. The van der Waals surface area contributed by atoms with Crippen LogP contribution in [0, 0.1) is 12.8 Å². The van der Waals surface area contributed by atoms with Gasteiger partial charge < -0.3 is 11.1 Å². The van der Waals surface area contributed by atoms with Crippen molar-refractivity contribution in [2.75, 3.05) is 16.3 Å². The number of aryl methyl sites for hydroxylation is 1. The Hall–Kier alpha value is -1.60. The largest absolute Gasteiger partial charge is 0.325 e. The maximum atomic E-state index is 11.9. The SMILES string of the molecule is Cc1cc(NC(=O)[C@@H](N)CC(C)C)ccc1NS(C)(=O)=O. The molecule has 1 atom stereocenters. The molecule has 6 nitrogen and oxygen atoms in total. The lowest BCUT2D eigenvalue weighted by atomic mass is 10.0. The Labute approximate surface area is 126 Å². The van der Waals surface area contributed by atoms with Gasteiger partial charge in [0.25, 0.3) is 0 Å². The molecule has 0 spiro atoms. The molecule has 0 unspecified atom stereocenters. The fourth-order valence-corrected chi connectivity index (χ4v) is 2.53. The molecule has 1 amide bonds. The molecular formula is C14H23N3O3S. The Kier molecular flexibility index (Phi) is 5.74. The normalized spacial score (nSPS) is 13.0. The summed E-state index contributed by atoms with van der Waals surface area (Å²) in [5.41, 5.74) is 7.61. The first-order valence-electron chi connectivity index (χ1n) is 6.73. The van der Waals surface area contributed by atoms with Gasteiger partial charge in [0.05, 0.1) is 18.0 Å². The van der Waals surface area contributed by atoms with Crippen molar-refractivity contribution in [3.63, 3.8) is 0 Å². The number of carbonyl (C=O) groups is 1. The Bertz CT molecular complexity index is 612.